The maximum Gasteiger partial charge on any atom is 0.238 e. The van der Waals surface area contributed by atoms with Crippen LogP contribution in [0.4, 0.5) is 0 Å². The maximum atomic E-state index is 11.0. The van der Waals surface area contributed by atoms with E-state index in [1.807, 2.05) is 6.92 Å². The number of hydrogen-bond donors (Lipinski definition) is 1. The minimum atomic E-state index is -3.64. The van der Waals surface area contributed by atoms with Crippen LogP contribution < -0.4 is 5.14 Å². The maximum absolute atomic E-state index is 11.0. The van der Waals surface area contributed by atoms with Gasteiger partial charge < -0.3 is 0 Å². The number of aromatic nitrogens is 3. The van der Waals surface area contributed by atoms with E-state index >= 15 is 0 Å². The molecule has 0 aliphatic rings. The quantitative estimate of drug-likeness (QED) is 0.810. The van der Waals surface area contributed by atoms with E-state index in [0.29, 0.717) is 0 Å². The van der Waals surface area contributed by atoms with E-state index in [1.165, 1.54) is 12.1 Å². The van der Waals surface area contributed by atoms with E-state index in [2.05, 4.69) is 10.3 Å². The molecule has 0 saturated heterocycles. The molecule has 0 amide bonds. The second-order valence-corrected chi connectivity index (χ2v) is 4.90. The Kier molecular flexibility index (Phi) is 2.49. The van der Waals surface area contributed by atoms with Crippen molar-refractivity contribution in [3.8, 4) is 5.69 Å². The molecule has 2 rings (SSSR count). The number of hydrogen-bond acceptors (Lipinski definition) is 4. The van der Waals surface area contributed by atoms with Crippen LogP contribution in [0.5, 0.6) is 0 Å². The molecule has 0 radical (unpaired) electrons. The van der Waals surface area contributed by atoms with Gasteiger partial charge in [0.05, 0.1) is 22.5 Å². The Balaban J connectivity index is 2.40. The summed E-state index contributed by atoms with van der Waals surface area (Å²) in [5.74, 6) is 0. The van der Waals surface area contributed by atoms with E-state index in [1.54, 1.807) is 23.0 Å². The van der Waals surface area contributed by atoms with Crippen molar-refractivity contribution in [1.29, 1.82) is 0 Å². The lowest BCUT2D eigenvalue weighted by Crippen LogP contribution is -2.12. The first-order valence-corrected chi connectivity index (χ1v) is 6.03. The van der Waals surface area contributed by atoms with Crippen molar-refractivity contribution in [3.63, 3.8) is 0 Å². The Labute approximate surface area is 92.7 Å². The number of rotatable bonds is 2. The van der Waals surface area contributed by atoms with Crippen LogP contribution in [0.15, 0.2) is 35.4 Å². The first kappa shape index (κ1) is 10.8. The van der Waals surface area contributed by atoms with Gasteiger partial charge in [0.1, 0.15) is 0 Å². The average Bonchev–Trinajstić information content (AvgIpc) is 2.64. The summed E-state index contributed by atoms with van der Waals surface area (Å²) < 4.78 is 23.6. The Bertz CT molecular complexity index is 601. The fourth-order valence-electron chi connectivity index (χ4n) is 1.26. The molecular formula is C9H10N4O2S. The average molecular weight is 238 g/mol. The third kappa shape index (κ3) is 2.10. The minimum absolute atomic E-state index is 0.0769. The molecular weight excluding hydrogens is 228 g/mol. The zero-order chi connectivity index (χ0) is 11.8. The standard InChI is InChI=1S/C9H10N4O2S/c1-7-6-13(12-11-7)8-2-4-9(5-3-8)16(10,14)15/h2-6H,1H3,(H2,10,14,15). The highest BCUT2D eigenvalue weighted by Gasteiger charge is 2.07. The zero-order valence-corrected chi connectivity index (χ0v) is 9.35. The van der Waals surface area contributed by atoms with Gasteiger partial charge in [0.25, 0.3) is 0 Å². The van der Waals surface area contributed by atoms with Crippen molar-refractivity contribution in [1.82, 2.24) is 15.0 Å². The van der Waals surface area contributed by atoms with E-state index in [0.717, 1.165) is 11.4 Å². The summed E-state index contributed by atoms with van der Waals surface area (Å²) in [4.78, 5) is 0.0769. The summed E-state index contributed by atoms with van der Waals surface area (Å²) >= 11 is 0. The number of aryl methyl sites for hydroxylation is 1. The SMILES string of the molecule is Cc1cn(-c2ccc(S(N)(=O)=O)cc2)nn1. The molecule has 0 bridgehead atoms. The van der Waals surface area contributed by atoms with Crippen LogP contribution in [0.2, 0.25) is 0 Å². The molecule has 0 unspecified atom stereocenters. The van der Waals surface area contributed by atoms with Crippen molar-refractivity contribution in [2.24, 2.45) is 5.14 Å². The van der Waals surface area contributed by atoms with Gasteiger partial charge in [0.15, 0.2) is 0 Å². The van der Waals surface area contributed by atoms with Gasteiger partial charge in [-0.1, -0.05) is 5.21 Å². The van der Waals surface area contributed by atoms with E-state index in [9.17, 15) is 8.42 Å². The van der Waals surface area contributed by atoms with E-state index in [-0.39, 0.29) is 4.90 Å². The summed E-state index contributed by atoms with van der Waals surface area (Å²) in [6.45, 7) is 1.82. The molecule has 1 aromatic heterocycles. The smallest absolute Gasteiger partial charge is 0.225 e. The van der Waals surface area contributed by atoms with E-state index < -0.39 is 10.0 Å². The Morgan fingerprint density at radius 3 is 2.31 bits per heavy atom. The van der Waals surface area contributed by atoms with Gasteiger partial charge in [-0.25, -0.2) is 18.2 Å². The highest BCUT2D eigenvalue weighted by molar-refractivity contribution is 7.89. The Morgan fingerprint density at radius 1 is 1.25 bits per heavy atom. The lowest BCUT2D eigenvalue weighted by molar-refractivity contribution is 0.598. The topological polar surface area (TPSA) is 90.9 Å². The number of primary sulfonamides is 1. The molecule has 1 aromatic carbocycles. The van der Waals surface area contributed by atoms with Gasteiger partial charge >= 0.3 is 0 Å². The second-order valence-electron chi connectivity index (χ2n) is 3.34. The van der Waals surface area contributed by atoms with Gasteiger partial charge in [-0.15, -0.1) is 5.10 Å². The van der Waals surface area contributed by atoms with Crippen LogP contribution in [0, 0.1) is 6.92 Å². The number of nitrogens with two attached hydrogens (primary N) is 1. The van der Waals surface area contributed by atoms with Crippen LogP contribution in [0.3, 0.4) is 0 Å². The van der Waals surface area contributed by atoms with Crippen molar-refractivity contribution in [2.75, 3.05) is 0 Å². The largest absolute Gasteiger partial charge is 0.238 e. The zero-order valence-electron chi connectivity index (χ0n) is 8.53. The summed E-state index contributed by atoms with van der Waals surface area (Å²) in [7, 11) is -3.64. The summed E-state index contributed by atoms with van der Waals surface area (Å²) in [5, 5.41) is 12.7. The molecule has 1 heterocycles. The second kappa shape index (κ2) is 3.69. The molecule has 6 nitrogen and oxygen atoms in total. The van der Waals surface area contributed by atoms with E-state index in [4.69, 9.17) is 5.14 Å². The summed E-state index contributed by atoms with van der Waals surface area (Å²) in [6, 6.07) is 6.10. The van der Waals surface area contributed by atoms with Gasteiger partial charge in [0, 0.05) is 0 Å². The van der Waals surface area contributed by atoms with Crippen molar-refractivity contribution >= 4 is 10.0 Å². The van der Waals surface area contributed by atoms with Crippen LogP contribution in [-0.4, -0.2) is 23.4 Å². The lowest BCUT2D eigenvalue weighted by Gasteiger charge is -2.01. The highest BCUT2D eigenvalue weighted by atomic mass is 32.2. The Morgan fingerprint density at radius 2 is 1.88 bits per heavy atom. The normalized spacial score (nSPS) is 11.6. The first-order chi connectivity index (χ1) is 7.47. The van der Waals surface area contributed by atoms with Crippen molar-refractivity contribution in [3.05, 3.63) is 36.2 Å². The molecule has 2 aromatic rings. The van der Waals surface area contributed by atoms with Crippen molar-refractivity contribution < 1.29 is 8.42 Å². The van der Waals surface area contributed by atoms with Gasteiger partial charge in [0.2, 0.25) is 10.0 Å². The lowest BCUT2D eigenvalue weighted by atomic mass is 10.3. The minimum Gasteiger partial charge on any atom is -0.225 e. The highest BCUT2D eigenvalue weighted by Crippen LogP contribution is 2.11. The Hall–Kier alpha value is -1.73. The fraction of sp³-hybridized carbons (Fsp3) is 0.111. The molecule has 2 N–H and O–H groups in total. The molecule has 16 heavy (non-hydrogen) atoms. The monoisotopic (exact) mass is 238 g/mol. The molecule has 7 heteroatoms. The van der Waals surface area contributed by atoms with Crippen LogP contribution in [-0.2, 0) is 10.0 Å². The predicted molar refractivity (Wildman–Crippen MR) is 57.5 cm³/mol. The van der Waals surface area contributed by atoms with Gasteiger partial charge in [-0.2, -0.15) is 0 Å². The predicted octanol–water partition coefficient (Wildman–Crippen LogP) is 0.223. The van der Waals surface area contributed by atoms with Gasteiger partial charge in [-0.3, -0.25) is 0 Å². The van der Waals surface area contributed by atoms with Crippen molar-refractivity contribution in [2.45, 2.75) is 11.8 Å². The number of sulfonamides is 1. The first-order valence-electron chi connectivity index (χ1n) is 4.49. The van der Waals surface area contributed by atoms with Crippen LogP contribution >= 0.6 is 0 Å². The van der Waals surface area contributed by atoms with Gasteiger partial charge in [-0.05, 0) is 31.2 Å². The summed E-state index contributed by atoms with van der Waals surface area (Å²) in [6.07, 6.45) is 1.74. The number of benzene rings is 1. The fourth-order valence-corrected chi connectivity index (χ4v) is 1.78. The molecule has 0 atom stereocenters. The molecule has 0 aliphatic heterocycles. The molecule has 0 aliphatic carbocycles. The number of nitrogens with zero attached hydrogens (tertiary/aromatic N) is 3. The van der Waals surface area contributed by atoms with Crippen LogP contribution in [0.25, 0.3) is 5.69 Å². The summed E-state index contributed by atoms with van der Waals surface area (Å²) in [5.41, 5.74) is 1.52. The third-order valence-corrected chi connectivity index (χ3v) is 2.97. The molecule has 0 spiro atoms. The molecule has 0 saturated carbocycles. The molecule has 0 fully saturated rings. The third-order valence-electron chi connectivity index (χ3n) is 2.04. The van der Waals surface area contributed by atoms with Crippen LogP contribution in [0.1, 0.15) is 5.69 Å². The molecule has 84 valence electrons.